The quantitative estimate of drug-likeness (QED) is 0.421. The Hall–Kier alpha value is -0.120. The van der Waals surface area contributed by atoms with Crippen LogP contribution in [-0.4, -0.2) is 39.3 Å². The first-order valence-corrected chi connectivity index (χ1v) is 7.04. The van der Waals surface area contributed by atoms with Gasteiger partial charge in [0.05, 0.1) is 0 Å². The zero-order valence-electron chi connectivity index (χ0n) is 11.3. The molecule has 0 fully saturated rings. The standard InChI is InChI=1S/C13H31N3/c1-3-5-9-15-12-8-13-16-11-7-6-10-14-4-2/h14-16H,3-13H2,1-2H3. The van der Waals surface area contributed by atoms with E-state index in [9.17, 15) is 0 Å². The Morgan fingerprint density at radius 2 is 1.06 bits per heavy atom. The van der Waals surface area contributed by atoms with Crippen LogP contribution in [0.3, 0.4) is 0 Å². The van der Waals surface area contributed by atoms with E-state index in [4.69, 9.17) is 0 Å². The van der Waals surface area contributed by atoms with Crippen molar-refractivity contribution in [1.29, 1.82) is 0 Å². The molecule has 3 N–H and O–H groups in total. The molecule has 0 aromatic heterocycles. The molecule has 0 spiro atoms. The van der Waals surface area contributed by atoms with E-state index in [1.54, 1.807) is 0 Å². The second-order valence-electron chi connectivity index (χ2n) is 4.27. The van der Waals surface area contributed by atoms with Crippen LogP contribution in [0.1, 0.15) is 46.0 Å². The highest BCUT2D eigenvalue weighted by Crippen LogP contribution is 1.85. The molecule has 0 heterocycles. The van der Waals surface area contributed by atoms with Gasteiger partial charge >= 0.3 is 0 Å². The van der Waals surface area contributed by atoms with E-state index in [-0.39, 0.29) is 0 Å². The number of rotatable bonds is 13. The van der Waals surface area contributed by atoms with Gasteiger partial charge in [-0.2, -0.15) is 0 Å². The zero-order chi connectivity index (χ0) is 11.9. The second-order valence-corrected chi connectivity index (χ2v) is 4.27. The minimum absolute atomic E-state index is 1.09. The highest BCUT2D eigenvalue weighted by Gasteiger charge is 1.90. The Labute approximate surface area is 102 Å². The molecule has 3 nitrogen and oxygen atoms in total. The number of hydrogen-bond donors (Lipinski definition) is 3. The van der Waals surface area contributed by atoms with Gasteiger partial charge in [0, 0.05) is 0 Å². The topological polar surface area (TPSA) is 36.1 Å². The molecule has 0 aromatic carbocycles. The lowest BCUT2D eigenvalue weighted by atomic mass is 10.3. The van der Waals surface area contributed by atoms with Crippen molar-refractivity contribution in [2.24, 2.45) is 0 Å². The molecular formula is C13H31N3. The number of unbranched alkanes of at least 4 members (excludes halogenated alkanes) is 2. The Morgan fingerprint density at radius 3 is 1.62 bits per heavy atom. The van der Waals surface area contributed by atoms with Gasteiger partial charge in [-0.1, -0.05) is 20.3 Å². The fourth-order valence-corrected chi connectivity index (χ4v) is 1.57. The predicted octanol–water partition coefficient (Wildman–Crippen LogP) is 1.75. The average Bonchev–Trinajstić information content (AvgIpc) is 2.31. The maximum absolute atomic E-state index is 3.49. The molecule has 0 atom stereocenters. The molecule has 3 heteroatoms. The SMILES string of the molecule is CCCCNCCCNCCCCNCC. The first kappa shape index (κ1) is 15.9. The van der Waals surface area contributed by atoms with Gasteiger partial charge in [0.15, 0.2) is 0 Å². The third kappa shape index (κ3) is 13.9. The van der Waals surface area contributed by atoms with Crippen molar-refractivity contribution in [3.8, 4) is 0 Å². The molecule has 0 rings (SSSR count). The molecule has 0 aliphatic heterocycles. The monoisotopic (exact) mass is 229 g/mol. The summed E-state index contributed by atoms with van der Waals surface area (Å²) in [5.41, 5.74) is 0. The first-order chi connectivity index (χ1) is 7.91. The van der Waals surface area contributed by atoms with E-state index in [1.807, 2.05) is 0 Å². The zero-order valence-corrected chi connectivity index (χ0v) is 11.3. The van der Waals surface area contributed by atoms with Crippen LogP contribution in [0.2, 0.25) is 0 Å². The van der Waals surface area contributed by atoms with Gasteiger partial charge in [0.2, 0.25) is 0 Å². The van der Waals surface area contributed by atoms with Crippen molar-refractivity contribution >= 4 is 0 Å². The predicted molar refractivity (Wildman–Crippen MR) is 73.0 cm³/mol. The van der Waals surface area contributed by atoms with E-state index < -0.39 is 0 Å². The maximum atomic E-state index is 3.49. The lowest BCUT2D eigenvalue weighted by molar-refractivity contribution is 0.557. The summed E-state index contributed by atoms with van der Waals surface area (Å²) in [5.74, 6) is 0. The lowest BCUT2D eigenvalue weighted by Gasteiger charge is -2.06. The van der Waals surface area contributed by atoms with Crippen LogP contribution < -0.4 is 16.0 Å². The van der Waals surface area contributed by atoms with E-state index in [0.29, 0.717) is 0 Å². The van der Waals surface area contributed by atoms with Gasteiger partial charge in [0.25, 0.3) is 0 Å². The van der Waals surface area contributed by atoms with Crippen LogP contribution in [0.25, 0.3) is 0 Å². The van der Waals surface area contributed by atoms with Crippen molar-refractivity contribution in [3.63, 3.8) is 0 Å². The van der Waals surface area contributed by atoms with Crippen molar-refractivity contribution in [2.45, 2.75) is 46.0 Å². The minimum Gasteiger partial charge on any atom is -0.317 e. The molecule has 0 saturated carbocycles. The summed E-state index contributed by atoms with van der Waals surface area (Å²) in [6.07, 6.45) is 6.41. The van der Waals surface area contributed by atoms with Gasteiger partial charge < -0.3 is 16.0 Å². The molecule has 0 aromatic rings. The van der Waals surface area contributed by atoms with Crippen molar-refractivity contribution in [2.75, 3.05) is 39.3 Å². The van der Waals surface area contributed by atoms with Gasteiger partial charge in [-0.25, -0.2) is 0 Å². The third-order valence-corrected chi connectivity index (χ3v) is 2.62. The van der Waals surface area contributed by atoms with Crippen LogP contribution in [0.4, 0.5) is 0 Å². The van der Waals surface area contributed by atoms with E-state index in [2.05, 4.69) is 29.8 Å². The van der Waals surface area contributed by atoms with Crippen LogP contribution in [0, 0.1) is 0 Å². The van der Waals surface area contributed by atoms with E-state index >= 15 is 0 Å². The Morgan fingerprint density at radius 1 is 0.562 bits per heavy atom. The maximum Gasteiger partial charge on any atom is -0.00368 e. The summed E-state index contributed by atoms with van der Waals surface area (Å²) < 4.78 is 0. The van der Waals surface area contributed by atoms with Crippen LogP contribution in [0.5, 0.6) is 0 Å². The fraction of sp³-hybridized carbons (Fsp3) is 1.00. The van der Waals surface area contributed by atoms with Crippen LogP contribution in [-0.2, 0) is 0 Å². The molecule has 16 heavy (non-hydrogen) atoms. The van der Waals surface area contributed by atoms with Crippen LogP contribution in [0.15, 0.2) is 0 Å². The molecule has 0 radical (unpaired) electrons. The molecule has 0 saturated heterocycles. The molecule has 0 aliphatic rings. The molecule has 0 unspecified atom stereocenters. The Kier molecular flexibility index (Phi) is 14.8. The first-order valence-electron chi connectivity index (χ1n) is 7.04. The van der Waals surface area contributed by atoms with Crippen LogP contribution >= 0.6 is 0 Å². The van der Waals surface area contributed by atoms with Gasteiger partial charge in [-0.15, -0.1) is 0 Å². The van der Waals surface area contributed by atoms with Gasteiger partial charge in [-0.3, -0.25) is 0 Å². The molecular weight excluding hydrogens is 198 g/mol. The smallest absolute Gasteiger partial charge is 0.00368 e. The Balaban J connectivity index is 2.83. The average molecular weight is 229 g/mol. The summed E-state index contributed by atoms with van der Waals surface area (Å²) in [4.78, 5) is 0. The normalized spacial score (nSPS) is 10.9. The van der Waals surface area contributed by atoms with Gasteiger partial charge in [-0.05, 0) is 65.0 Å². The summed E-state index contributed by atoms with van der Waals surface area (Å²) in [6, 6.07) is 0. The highest BCUT2D eigenvalue weighted by atomic mass is 14.9. The second kappa shape index (κ2) is 14.9. The highest BCUT2D eigenvalue weighted by molar-refractivity contribution is 4.53. The van der Waals surface area contributed by atoms with Gasteiger partial charge in [0.1, 0.15) is 0 Å². The minimum atomic E-state index is 1.09. The van der Waals surface area contributed by atoms with Crippen molar-refractivity contribution in [3.05, 3.63) is 0 Å². The van der Waals surface area contributed by atoms with E-state index in [1.165, 1.54) is 45.2 Å². The molecule has 0 aliphatic carbocycles. The summed E-state index contributed by atoms with van der Waals surface area (Å²) >= 11 is 0. The fourth-order valence-electron chi connectivity index (χ4n) is 1.57. The summed E-state index contributed by atoms with van der Waals surface area (Å²) in [6.45, 7) is 11.3. The summed E-state index contributed by atoms with van der Waals surface area (Å²) in [7, 11) is 0. The molecule has 98 valence electrons. The van der Waals surface area contributed by atoms with Crippen molar-refractivity contribution < 1.29 is 0 Å². The summed E-state index contributed by atoms with van der Waals surface area (Å²) in [5, 5.41) is 10.3. The molecule has 0 bridgehead atoms. The largest absolute Gasteiger partial charge is 0.317 e. The lowest BCUT2D eigenvalue weighted by Crippen LogP contribution is -2.24. The number of nitrogens with one attached hydrogen (secondary N) is 3. The molecule has 0 amide bonds. The third-order valence-electron chi connectivity index (χ3n) is 2.62. The Bertz CT molecular complexity index is 104. The van der Waals surface area contributed by atoms with Crippen molar-refractivity contribution in [1.82, 2.24) is 16.0 Å². The number of hydrogen-bond acceptors (Lipinski definition) is 3. The van der Waals surface area contributed by atoms with E-state index in [0.717, 1.165) is 26.2 Å².